The zero-order valence-corrected chi connectivity index (χ0v) is 22.6. The van der Waals surface area contributed by atoms with Crippen LogP contribution < -0.4 is 14.8 Å². The van der Waals surface area contributed by atoms with Crippen molar-refractivity contribution >= 4 is 12.0 Å². The van der Waals surface area contributed by atoms with Crippen molar-refractivity contribution < 1.29 is 28.9 Å². The molecule has 0 spiro atoms. The summed E-state index contributed by atoms with van der Waals surface area (Å²) >= 11 is 0. The van der Waals surface area contributed by atoms with Gasteiger partial charge in [-0.1, -0.05) is 30.3 Å². The quantitative estimate of drug-likeness (QED) is 0.349. The number of carboxylic acids is 1. The molecule has 8 heteroatoms. The van der Waals surface area contributed by atoms with Crippen LogP contribution in [0.15, 0.2) is 36.4 Å². The van der Waals surface area contributed by atoms with Crippen molar-refractivity contribution in [1.29, 1.82) is 0 Å². The second-order valence-electron chi connectivity index (χ2n) is 9.49. The molecule has 2 aromatic rings. The predicted molar refractivity (Wildman–Crippen MR) is 142 cm³/mol. The topological polar surface area (TPSA) is 97.3 Å². The second kappa shape index (κ2) is 12.8. The number of nitrogens with zero attached hydrogens (tertiary/aromatic N) is 1. The summed E-state index contributed by atoms with van der Waals surface area (Å²) < 4.78 is 17.8. The van der Waals surface area contributed by atoms with Gasteiger partial charge in [-0.15, -0.1) is 0 Å². The van der Waals surface area contributed by atoms with E-state index in [4.69, 9.17) is 14.2 Å². The lowest BCUT2D eigenvalue weighted by Gasteiger charge is -2.41. The molecule has 0 bridgehead atoms. The summed E-state index contributed by atoms with van der Waals surface area (Å²) in [4.78, 5) is 27.2. The van der Waals surface area contributed by atoms with Crippen LogP contribution in [-0.4, -0.2) is 53.9 Å². The van der Waals surface area contributed by atoms with E-state index in [1.54, 1.807) is 4.90 Å². The summed E-state index contributed by atoms with van der Waals surface area (Å²) in [6, 6.07) is 11.0. The van der Waals surface area contributed by atoms with E-state index in [2.05, 4.69) is 5.32 Å². The van der Waals surface area contributed by atoms with Gasteiger partial charge < -0.3 is 29.5 Å². The lowest BCUT2D eigenvalue weighted by atomic mass is 9.77. The van der Waals surface area contributed by atoms with Crippen LogP contribution in [0.3, 0.4) is 0 Å². The largest absolute Gasteiger partial charge is 0.493 e. The molecule has 37 heavy (non-hydrogen) atoms. The summed E-state index contributed by atoms with van der Waals surface area (Å²) in [6.07, 6.45) is 1.62. The Kier molecular flexibility index (Phi) is 9.80. The highest BCUT2D eigenvalue weighted by atomic mass is 16.5. The minimum Gasteiger partial charge on any atom is -0.493 e. The molecule has 0 aliphatic heterocycles. The maximum Gasteiger partial charge on any atom is 0.329 e. The number of rotatable bonds is 13. The number of carboxylic acid groups (broad SMARTS) is 1. The van der Waals surface area contributed by atoms with Crippen molar-refractivity contribution in [3.05, 3.63) is 58.7 Å². The molecule has 1 aliphatic carbocycles. The van der Waals surface area contributed by atoms with Gasteiger partial charge in [0.05, 0.1) is 32.5 Å². The maximum absolute atomic E-state index is 13.6. The van der Waals surface area contributed by atoms with Gasteiger partial charge in [-0.3, -0.25) is 0 Å². The SMILES string of the molecule is CCOc1cc(C(C)N(CCOCc2ccccc2)C(=O)NC2(C(=O)O)CCC2)c(C)c(OCC)c1C. The monoisotopic (exact) mass is 512 g/mol. The number of aliphatic carboxylic acids is 1. The number of ether oxygens (including phenoxy) is 3. The molecule has 2 aromatic carbocycles. The number of amides is 2. The minimum absolute atomic E-state index is 0.288. The average molecular weight is 513 g/mol. The van der Waals surface area contributed by atoms with Gasteiger partial charge in [0.2, 0.25) is 0 Å². The Balaban J connectivity index is 1.88. The molecule has 2 amide bonds. The molecule has 1 saturated carbocycles. The summed E-state index contributed by atoms with van der Waals surface area (Å²) in [5.41, 5.74) is 2.56. The van der Waals surface area contributed by atoms with Gasteiger partial charge in [-0.2, -0.15) is 0 Å². The van der Waals surface area contributed by atoms with E-state index in [1.807, 2.05) is 71.0 Å². The van der Waals surface area contributed by atoms with Crippen molar-refractivity contribution in [1.82, 2.24) is 10.2 Å². The first-order valence-corrected chi connectivity index (χ1v) is 13.1. The number of urea groups is 1. The minimum atomic E-state index is -1.21. The Morgan fingerprint density at radius 3 is 2.32 bits per heavy atom. The van der Waals surface area contributed by atoms with E-state index >= 15 is 0 Å². The Bertz CT molecular complexity index is 1070. The van der Waals surface area contributed by atoms with Gasteiger partial charge in [0.1, 0.15) is 17.0 Å². The number of hydrogen-bond acceptors (Lipinski definition) is 5. The normalized spacial score (nSPS) is 14.8. The highest BCUT2D eigenvalue weighted by Gasteiger charge is 2.46. The van der Waals surface area contributed by atoms with Crippen LogP contribution in [0.25, 0.3) is 0 Å². The highest BCUT2D eigenvalue weighted by Crippen LogP contribution is 2.39. The molecular weight excluding hydrogens is 472 g/mol. The van der Waals surface area contributed by atoms with E-state index in [0.717, 1.165) is 34.4 Å². The van der Waals surface area contributed by atoms with Crippen molar-refractivity contribution in [3.8, 4) is 11.5 Å². The Labute approximate surface area is 219 Å². The van der Waals surface area contributed by atoms with Gasteiger partial charge >= 0.3 is 12.0 Å². The molecule has 0 saturated heterocycles. The predicted octanol–water partition coefficient (Wildman–Crippen LogP) is 5.40. The van der Waals surface area contributed by atoms with E-state index in [-0.39, 0.29) is 12.6 Å². The van der Waals surface area contributed by atoms with Crippen LogP contribution in [0.2, 0.25) is 0 Å². The summed E-state index contributed by atoms with van der Waals surface area (Å²) in [7, 11) is 0. The third-order valence-corrected chi connectivity index (χ3v) is 7.09. The number of benzene rings is 2. The van der Waals surface area contributed by atoms with Crippen LogP contribution in [0.1, 0.15) is 68.3 Å². The standard InChI is InChI=1S/C29H40N2O6/c1-6-36-25-18-24(20(3)26(21(25)4)37-7-2)22(5)31(16-17-35-19-23-12-9-8-10-13-23)28(34)30-29(27(32)33)14-11-15-29/h8-10,12-13,18,22H,6-7,11,14-17,19H2,1-5H3,(H,30,34)(H,32,33). The number of carbonyl (C=O) groups is 2. The fraction of sp³-hybridized carbons (Fsp3) is 0.517. The summed E-state index contributed by atoms with van der Waals surface area (Å²) in [5.74, 6) is 0.459. The second-order valence-corrected chi connectivity index (χ2v) is 9.49. The Morgan fingerprint density at radius 2 is 1.76 bits per heavy atom. The van der Waals surface area contributed by atoms with E-state index in [9.17, 15) is 14.7 Å². The Morgan fingerprint density at radius 1 is 1.08 bits per heavy atom. The zero-order valence-electron chi connectivity index (χ0n) is 22.6. The van der Waals surface area contributed by atoms with Crippen LogP contribution >= 0.6 is 0 Å². The molecule has 2 N–H and O–H groups in total. The van der Waals surface area contributed by atoms with E-state index < -0.39 is 17.5 Å². The molecule has 1 atom stereocenters. The number of carbonyl (C=O) groups excluding carboxylic acids is 1. The number of hydrogen-bond donors (Lipinski definition) is 2. The van der Waals surface area contributed by atoms with Gasteiger partial charge in [0.25, 0.3) is 0 Å². The molecule has 202 valence electrons. The van der Waals surface area contributed by atoms with Gasteiger partial charge in [-0.25, -0.2) is 9.59 Å². The van der Waals surface area contributed by atoms with Crippen LogP contribution in [0, 0.1) is 13.8 Å². The van der Waals surface area contributed by atoms with Gasteiger partial charge in [-0.05, 0) is 76.6 Å². The third kappa shape index (κ3) is 6.55. The molecule has 0 aromatic heterocycles. The molecule has 1 unspecified atom stereocenters. The lowest BCUT2D eigenvalue weighted by molar-refractivity contribution is -0.148. The highest BCUT2D eigenvalue weighted by molar-refractivity contribution is 5.87. The summed E-state index contributed by atoms with van der Waals surface area (Å²) in [5, 5.41) is 12.6. The van der Waals surface area contributed by atoms with Crippen LogP contribution in [-0.2, 0) is 16.1 Å². The molecule has 0 radical (unpaired) electrons. The first kappa shape index (κ1) is 28.3. The number of nitrogens with one attached hydrogen (secondary N) is 1. The van der Waals surface area contributed by atoms with Crippen molar-refractivity contribution in [2.24, 2.45) is 0 Å². The van der Waals surface area contributed by atoms with Crippen molar-refractivity contribution in [3.63, 3.8) is 0 Å². The fourth-order valence-corrected chi connectivity index (χ4v) is 4.75. The molecular formula is C29H40N2O6. The smallest absolute Gasteiger partial charge is 0.329 e. The zero-order chi connectivity index (χ0) is 27.0. The summed E-state index contributed by atoms with van der Waals surface area (Å²) in [6.45, 7) is 11.8. The van der Waals surface area contributed by atoms with Gasteiger partial charge in [0, 0.05) is 12.1 Å². The molecule has 1 aliphatic rings. The lowest BCUT2D eigenvalue weighted by Crippen LogP contribution is -2.62. The van der Waals surface area contributed by atoms with Gasteiger partial charge in [0.15, 0.2) is 0 Å². The average Bonchev–Trinajstić information content (AvgIpc) is 2.85. The Hall–Kier alpha value is -3.26. The van der Waals surface area contributed by atoms with Crippen LogP contribution in [0.5, 0.6) is 11.5 Å². The van der Waals surface area contributed by atoms with Crippen molar-refractivity contribution in [2.75, 3.05) is 26.4 Å². The molecule has 8 nitrogen and oxygen atoms in total. The first-order chi connectivity index (χ1) is 17.7. The first-order valence-electron chi connectivity index (χ1n) is 13.1. The fourth-order valence-electron chi connectivity index (χ4n) is 4.75. The van der Waals surface area contributed by atoms with E-state index in [0.29, 0.717) is 45.0 Å². The molecule has 1 fully saturated rings. The van der Waals surface area contributed by atoms with Crippen LogP contribution in [0.4, 0.5) is 4.79 Å². The molecule has 3 rings (SSSR count). The molecule has 0 heterocycles. The third-order valence-electron chi connectivity index (χ3n) is 7.09. The van der Waals surface area contributed by atoms with E-state index in [1.165, 1.54) is 0 Å². The maximum atomic E-state index is 13.6. The van der Waals surface area contributed by atoms with Crippen molar-refractivity contribution in [2.45, 2.75) is 72.1 Å².